The minimum absolute atomic E-state index is 0.238. The van der Waals surface area contributed by atoms with Crippen molar-refractivity contribution in [2.24, 2.45) is 11.3 Å². The molecule has 0 radical (unpaired) electrons. The largest absolute Gasteiger partial charge is 0.469 e. The lowest BCUT2D eigenvalue weighted by Crippen LogP contribution is -2.48. The molecule has 0 spiro atoms. The van der Waals surface area contributed by atoms with E-state index in [1.165, 1.54) is 0 Å². The normalized spacial score (nSPS) is 14.6. The van der Waals surface area contributed by atoms with E-state index in [1.54, 1.807) is 30.3 Å². The van der Waals surface area contributed by atoms with E-state index in [1.807, 2.05) is 68.4 Å². The smallest absolute Gasteiger partial charge is 0.229 e. The number of halogens is 1. The summed E-state index contributed by atoms with van der Waals surface area (Å²) in [5.74, 6) is -0.333. The molecule has 6 nitrogen and oxygen atoms in total. The van der Waals surface area contributed by atoms with Gasteiger partial charge in [-0.2, -0.15) is 0 Å². The Morgan fingerprint density at radius 3 is 2.30 bits per heavy atom. The molecule has 2 aromatic carbocycles. The molecule has 7 heteroatoms. The number of nitrogens with one attached hydrogen (secondary N) is 1. The molecular formula is C23H26BrN3O3. The number of aliphatic hydroxyl groups is 1. The van der Waals surface area contributed by atoms with Crippen LogP contribution in [0.25, 0.3) is 11.1 Å². The Hall–Kier alpha value is -2.64. The van der Waals surface area contributed by atoms with Gasteiger partial charge in [0, 0.05) is 24.9 Å². The highest BCUT2D eigenvalue weighted by molar-refractivity contribution is 9.09. The van der Waals surface area contributed by atoms with Crippen LogP contribution >= 0.6 is 15.9 Å². The Balaban J connectivity index is 1.95. The van der Waals surface area contributed by atoms with Gasteiger partial charge in [0.2, 0.25) is 5.91 Å². The molecule has 158 valence electrons. The van der Waals surface area contributed by atoms with E-state index in [0.29, 0.717) is 5.75 Å². The first-order valence-electron chi connectivity index (χ1n) is 9.68. The van der Waals surface area contributed by atoms with Crippen molar-refractivity contribution in [2.45, 2.75) is 25.1 Å². The van der Waals surface area contributed by atoms with E-state index in [9.17, 15) is 9.90 Å². The van der Waals surface area contributed by atoms with Crippen molar-refractivity contribution in [3.05, 3.63) is 73.3 Å². The Kier molecular flexibility index (Phi) is 6.95. The molecule has 3 rings (SSSR count). The zero-order valence-corrected chi connectivity index (χ0v) is 18.8. The van der Waals surface area contributed by atoms with Crippen molar-refractivity contribution in [2.75, 3.05) is 7.05 Å². The Labute approximate surface area is 185 Å². The molecule has 30 heavy (non-hydrogen) atoms. The topological polar surface area (TPSA) is 76.4 Å². The number of ether oxygens (including phenoxy) is 1. The highest BCUT2D eigenvalue weighted by Gasteiger charge is 2.46. The van der Waals surface area contributed by atoms with Crippen molar-refractivity contribution in [3.63, 3.8) is 0 Å². The summed E-state index contributed by atoms with van der Waals surface area (Å²) < 4.78 is 8.04. The van der Waals surface area contributed by atoms with E-state index >= 15 is 0 Å². The molecule has 3 unspecified atom stereocenters. The molecule has 0 aliphatic rings. The predicted molar refractivity (Wildman–Crippen MR) is 120 cm³/mol. The Morgan fingerprint density at radius 1 is 1.13 bits per heavy atom. The molecule has 0 aliphatic heterocycles. The first-order valence-corrected chi connectivity index (χ1v) is 10.6. The fourth-order valence-electron chi connectivity index (χ4n) is 3.36. The maximum absolute atomic E-state index is 12.9. The number of aromatic nitrogens is 2. The Morgan fingerprint density at radius 2 is 1.77 bits per heavy atom. The molecule has 0 saturated carbocycles. The lowest BCUT2D eigenvalue weighted by atomic mass is 9.77. The number of hydrogen-bond donors (Lipinski definition) is 2. The lowest BCUT2D eigenvalue weighted by molar-refractivity contribution is -0.139. The summed E-state index contributed by atoms with van der Waals surface area (Å²) in [6, 6.07) is 17.8. The molecule has 2 N–H and O–H groups in total. The minimum Gasteiger partial charge on any atom is -0.469 e. The van der Waals surface area contributed by atoms with Crippen molar-refractivity contribution < 1.29 is 14.6 Å². The van der Waals surface area contributed by atoms with Crippen molar-refractivity contribution in [1.82, 2.24) is 14.9 Å². The highest BCUT2D eigenvalue weighted by Crippen LogP contribution is 2.41. The van der Waals surface area contributed by atoms with Crippen molar-refractivity contribution in [1.29, 1.82) is 0 Å². The van der Waals surface area contributed by atoms with Crippen molar-refractivity contribution >= 4 is 21.8 Å². The molecule has 3 atom stereocenters. The maximum Gasteiger partial charge on any atom is 0.229 e. The number of rotatable bonds is 8. The molecule has 0 saturated heterocycles. The van der Waals surface area contributed by atoms with Crippen LogP contribution < -0.4 is 10.1 Å². The second kappa shape index (κ2) is 9.45. The predicted octanol–water partition coefficient (Wildman–Crippen LogP) is 4.23. The second-order valence-corrected chi connectivity index (χ2v) is 8.53. The maximum atomic E-state index is 12.9. The minimum atomic E-state index is -0.914. The van der Waals surface area contributed by atoms with Crippen molar-refractivity contribution in [3.8, 4) is 16.9 Å². The summed E-state index contributed by atoms with van der Waals surface area (Å²) in [4.78, 5) is 17.0. The number of aliphatic hydroxyl groups excluding tert-OH is 1. The number of benzene rings is 2. The summed E-state index contributed by atoms with van der Waals surface area (Å²) in [6.45, 7) is 3.64. The van der Waals surface area contributed by atoms with Crippen LogP contribution in [0, 0.1) is 11.3 Å². The summed E-state index contributed by atoms with van der Waals surface area (Å²) in [7, 11) is 1.58. The molecule has 1 heterocycles. The third kappa shape index (κ3) is 4.74. The zero-order valence-electron chi connectivity index (χ0n) is 17.2. The number of carbonyl (C=O) groups is 1. The van der Waals surface area contributed by atoms with Gasteiger partial charge in [-0.3, -0.25) is 4.79 Å². The van der Waals surface area contributed by atoms with Crippen LogP contribution in [0.3, 0.4) is 0 Å². The average Bonchev–Trinajstić information content (AvgIpc) is 3.28. The number of carbonyl (C=O) groups excluding carboxylic acids is 1. The molecule has 3 aromatic rings. The van der Waals surface area contributed by atoms with Gasteiger partial charge < -0.3 is 19.7 Å². The molecule has 1 aromatic heterocycles. The monoisotopic (exact) mass is 471 g/mol. The molecule has 0 fully saturated rings. The first-order chi connectivity index (χ1) is 14.3. The summed E-state index contributed by atoms with van der Waals surface area (Å²) in [5, 5.41) is 12.1. The van der Waals surface area contributed by atoms with E-state index in [4.69, 9.17) is 4.74 Å². The lowest BCUT2D eigenvalue weighted by Gasteiger charge is -2.39. The standard InChI is InChI=1S/C23H26BrN3O3/c1-23(2,22(24)29)19(20(28)25-3)21(27-14-13-26-15-27)30-18-11-9-17(10-12-18)16-7-5-4-6-8-16/h4-15,19,21-22,29H,1-3H3,(H,25,28). The van der Waals surface area contributed by atoms with Gasteiger partial charge in [-0.05, 0) is 23.3 Å². The summed E-state index contributed by atoms with van der Waals surface area (Å²) in [6.07, 6.45) is 4.27. The summed E-state index contributed by atoms with van der Waals surface area (Å²) >= 11 is 3.24. The van der Waals surface area contributed by atoms with Gasteiger partial charge in [0.15, 0.2) is 6.23 Å². The van der Waals surface area contributed by atoms with Crippen LogP contribution in [0.5, 0.6) is 5.75 Å². The average molecular weight is 472 g/mol. The second-order valence-electron chi connectivity index (χ2n) is 7.66. The van der Waals surface area contributed by atoms with Gasteiger partial charge in [0.1, 0.15) is 16.7 Å². The van der Waals surface area contributed by atoms with E-state index in [-0.39, 0.29) is 5.91 Å². The molecule has 1 amide bonds. The quantitative estimate of drug-likeness (QED) is 0.482. The third-order valence-electron chi connectivity index (χ3n) is 5.27. The van der Waals surface area contributed by atoms with Crippen LogP contribution in [-0.2, 0) is 4.79 Å². The van der Waals surface area contributed by atoms with E-state index in [2.05, 4.69) is 26.2 Å². The zero-order chi connectivity index (χ0) is 21.7. The van der Waals surface area contributed by atoms with Crippen LogP contribution in [-0.4, -0.2) is 32.6 Å². The van der Waals surface area contributed by atoms with Crippen LogP contribution in [0.15, 0.2) is 73.3 Å². The third-order valence-corrected chi connectivity index (χ3v) is 6.45. The van der Waals surface area contributed by atoms with Gasteiger partial charge in [0.25, 0.3) is 0 Å². The van der Waals surface area contributed by atoms with Crippen LogP contribution in [0.4, 0.5) is 0 Å². The van der Waals surface area contributed by atoms with Gasteiger partial charge in [-0.25, -0.2) is 4.98 Å². The Bertz CT molecular complexity index is 942. The van der Waals surface area contributed by atoms with E-state index in [0.717, 1.165) is 11.1 Å². The number of alkyl halides is 1. The SMILES string of the molecule is CNC(=O)C(C(Oc1ccc(-c2ccccc2)cc1)n1ccnc1)C(C)(C)C(O)Br. The number of hydrogen-bond acceptors (Lipinski definition) is 4. The number of amides is 1. The molecule has 0 bridgehead atoms. The number of imidazole rings is 1. The van der Waals surface area contributed by atoms with Crippen LogP contribution in [0.2, 0.25) is 0 Å². The van der Waals surface area contributed by atoms with E-state index < -0.39 is 22.6 Å². The fourth-order valence-corrected chi connectivity index (χ4v) is 3.64. The van der Waals surface area contributed by atoms with Gasteiger partial charge in [-0.1, -0.05) is 72.2 Å². The molecular weight excluding hydrogens is 446 g/mol. The van der Waals surface area contributed by atoms with Gasteiger partial charge in [-0.15, -0.1) is 0 Å². The summed E-state index contributed by atoms with van der Waals surface area (Å²) in [5.41, 5.74) is 1.35. The van der Waals surface area contributed by atoms with Crippen LogP contribution in [0.1, 0.15) is 20.1 Å². The number of nitrogens with zero attached hydrogens (tertiary/aromatic N) is 2. The van der Waals surface area contributed by atoms with Gasteiger partial charge >= 0.3 is 0 Å². The highest BCUT2D eigenvalue weighted by atomic mass is 79.9. The van der Waals surface area contributed by atoms with Gasteiger partial charge in [0.05, 0.1) is 6.33 Å². The first kappa shape index (κ1) is 22.1. The molecule has 0 aliphatic carbocycles. The fraction of sp³-hybridized carbons (Fsp3) is 0.304.